The first kappa shape index (κ1) is 8.27. The fourth-order valence-electron chi connectivity index (χ4n) is 1.28. The Balaban J connectivity index is 2.87. The summed E-state index contributed by atoms with van der Waals surface area (Å²) in [6, 6.07) is 4.44. The molecule has 0 saturated carbocycles. The van der Waals surface area contributed by atoms with E-state index < -0.39 is 0 Å². The zero-order valence-corrected chi connectivity index (χ0v) is 9.42. The van der Waals surface area contributed by atoms with Crippen molar-refractivity contribution in [3.8, 4) is 0 Å². The quantitative estimate of drug-likeness (QED) is 0.645. The van der Waals surface area contributed by atoms with Crippen LogP contribution in [0.15, 0.2) is 22.0 Å². The standard InChI is InChI=1S/C10H9BrS/c1-6-3-8-7(2)5-12-10(8)4-9(6)11/h3-5H,1-2H3. The summed E-state index contributed by atoms with van der Waals surface area (Å²) in [7, 11) is 0. The Hall–Kier alpha value is -0.340. The molecule has 2 heteroatoms. The number of aryl methyl sites for hydroxylation is 2. The lowest BCUT2D eigenvalue weighted by molar-refractivity contribution is 1.46. The molecule has 1 heterocycles. The highest BCUT2D eigenvalue weighted by molar-refractivity contribution is 9.10. The van der Waals surface area contributed by atoms with Gasteiger partial charge in [0.25, 0.3) is 0 Å². The Morgan fingerprint density at radius 1 is 1.17 bits per heavy atom. The van der Waals surface area contributed by atoms with E-state index in [1.165, 1.54) is 25.7 Å². The van der Waals surface area contributed by atoms with Crippen molar-refractivity contribution >= 4 is 37.4 Å². The van der Waals surface area contributed by atoms with Crippen molar-refractivity contribution < 1.29 is 0 Å². The Morgan fingerprint density at radius 2 is 1.92 bits per heavy atom. The molecule has 0 fully saturated rings. The molecular formula is C10H9BrS. The molecule has 12 heavy (non-hydrogen) atoms. The first-order valence-electron chi connectivity index (χ1n) is 3.82. The largest absolute Gasteiger partial charge is 0.143 e. The lowest BCUT2D eigenvalue weighted by atomic mass is 10.1. The van der Waals surface area contributed by atoms with E-state index in [1.807, 2.05) is 0 Å². The second-order valence-electron chi connectivity index (χ2n) is 3.02. The summed E-state index contributed by atoms with van der Waals surface area (Å²) in [4.78, 5) is 0. The molecule has 0 atom stereocenters. The van der Waals surface area contributed by atoms with Crippen LogP contribution in [0.25, 0.3) is 10.1 Å². The van der Waals surface area contributed by atoms with Gasteiger partial charge in [0.2, 0.25) is 0 Å². The Labute approximate surface area is 84.4 Å². The molecule has 62 valence electrons. The molecule has 0 nitrogen and oxygen atoms in total. The summed E-state index contributed by atoms with van der Waals surface area (Å²) >= 11 is 5.34. The minimum atomic E-state index is 1.21. The molecular weight excluding hydrogens is 232 g/mol. The molecule has 0 radical (unpaired) electrons. The number of hydrogen-bond acceptors (Lipinski definition) is 1. The molecule has 0 spiro atoms. The van der Waals surface area contributed by atoms with Crippen LogP contribution >= 0.6 is 27.3 Å². The normalized spacial score (nSPS) is 10.9. The molecule has 0 aliphatic heterocycles. The summed E-state index contributed by atoms with van der Waals surface area (Å²) in [5.74, 6) is 0. The van der Waals surface area contributed by atoms with E-state index in [1.54, 1.807) is 11.3 Å². The smallest absolute Gasteiger partial charge is 0.0356 e. The van der Waals surface area contributed by atoms with Crippen molar-refractivity contribution in [3.05, 3.63) is 33.1 Å². The molecule has 0 unspecified atom stereocenters. The lowest BCUT2D eigenvalue weighted by Crippen LogP contribution is -1.75. The summed E-state index contributed by atoms with van der Waals surface area (Å²) in [6.45, 7) is 4.28. The Bertz CT molecular complexity index is 429. The maximum absolute atomic E-state index is 3.53. The van der Waals surface area contributed by atoms with E-state index in [4.69, 9.17) is 0 Å². The van der Waals surface area contributed by atoms with Crippen LogP contribution in [-0.4, -0.2) is 0 Å². The fraction of sp³-hybridized carbons (Fsp3) is 0.200. The summed E-state index contributed by atoms with van der Waals surface area (Å²) < 4.78 is 2.57. The zero-order valence-electron chi connectivity index (χ0n) is 7.02. The van der Waals surface area contributed by atoms with Gasteiger partial charge in [-0.3, -0.25) is 0 Å². The number of benzene rings is 1. The maximum Gasteiger partial charge on any atom is 0.0356 e. The van der Waals surface area contributed by atoms with Gasteiger partial charge in [0.15, 0.2) is 0 Å². The van der Waals surface area contributed by atoms with Crippen molar-refractivity contribution in [2.45, 2.75) is 13.8 Å². The highest BCUT2D eigenvalue weighted by Gasteiger charge is 2.02. The number of hydrogen-bond donors (Lipinski definition) is 0. The van der Waals surface area contributed by atoms with Crippen molar-refractivity contribution in [2.75, 3.05) is 0 Å². The second-order valence-corrected chi connectivity index (χ2v) is 4.78. The van der Waals surface area contributed by atoms with E-state index in [0.29, 0.717) is 0 Å². The second kappa shape index (κ2) is 2.86. The van der Waals surface area contributed by atoms with Crippen molar-refractivity contribution in [1.82, 2.24) is 0 Å². The molecule has 2 rings (SSSR count). The molecule has 0 saturated heterocycles. The molecule has 0 aliphatic rings. The SMILES string of the molecule is Cc1cc2c(C)csc2cc1Br. The third kappa shape index (κ3) is 1.19. The summed E-state index contributed by atoms with van der Waals surface area (Å²) in [5.41, 5.74) is 2.69. The van der Waals surface area contributed by atoms with Crippen molar-refractivity contribution in [1.29, 1.82) is 0 Å². The van der Waals surface area contributed by atoms with Gasteiger partial charge >= 0.3 is 0 Å². The van der Waals surface area contributed by atoms with E-state index in [-0.39, 0.29) is 0 Å². The molecule has 0 N–H and O–H groups in total. The monoisotopic (exact) mass is 240 g/mol. The number of fused-ring (bicyclic) bond motifs is 1. The highest BCUT2D eigenvalue weighted by Crippen LogP contribution is 2.30. The Kier molecular flexibility index (Phi) is 1.97. The van der Waals surface area contributed by atoms with Gasteiger partial charge in [-0.1, -0.05) is 15.9 Å². The lowest BCUT2D eigenvalue weighted by Gasteiger charge is -1.98. The van der Waals surface area contributed by atoms with Crippen LogP contribution in [0.1, 0.15) is 11.1 Å². The molecule has 1 aromatic heterocycles. The average molecular weight is 241 g/mol. The van der Waals surface area contributed by atoms with Gasteiger partial charge in [-0.25, -0.2) is 0 Å². The van der Waals surface area contributed by atoms with Crippen LogP contribution in [-0.2, 0) is 0 Å². The molecule has 0 amide bonds. The van der Waals surface area contributed by atoms with E-state index >= 15 is 0 Å². The number of thiophene rings is 1. The van der Waals surface area contributed by atoms with Crippen LogP contribution in [0.2, 0.25) is 0 Å². The predicted molar refractivity (Wildman–Crippen MR) is 59.0 cm³/mol. The van der Waals surface area contributed by atoms with Gasteiger partial charge in [-0.15, -0.1) is 11.3 Å². The third-order valence-corrected chi connectivity index (χ3v) is 3.97. The molecule has 0 aliphatic carbocycles. The van der Waals surface area contributed by atoms with Gasteiger partial charge in [-0.2, -0.15) is 0 Å². The first-order valence-corrected chi connectivity index (χ1v) is 5.49. The first-order chi connectivity index (χ1) is 5.68. The van der Waals surface area contributed by atoms with Crippen LogP contribution < -0.4 is 0 Å². The van der Waals surface area contributed by atoms with E-state index in [0.717, 1.165) is 0 Å². The van der Waals surface area contributed by atoms with E-state index in [9.17, 15) is 0 Å². The maximum atomic E-state index is 3.53. The zero-order chi connectivity index (χ0) is 8.72. The van der Waals surface area contributed by atoms with Gasteiger partial charge in [0.05, 0.1) is 0 Å². The fourth-order valence-corrected chi connectivity index (χ4v) is 2.74. The van der Waals surface area contributed by atoms with Gasteiger partial charge in [-0.05, 0) is 47.9 Å². The van der Waals surface area contributed by atoms with Crippen LogP contribution in [0.3, 0.4) is 0 Å². The number of rotatable bonds is 0. The van der Waals surface area contributed by atoms with E-state index in [2.05, 4.69) is 47.3 Å². The average Bonchev–Trinajstić information content (AvgIpc) is 2.35. The minimum Gasteiger partial charge on any atom is -0.143 e. The highest BCUT2D eigenvalue weighted by atomic mass is 79.9. The number of halogens is 1. The topological polar surface area (TPSA) is 0 Å². The summed E-state index contributed by atoms with van der Waals surface area (Å²) in [6.07, 6.45) is 0. The molecule has 1 aromatic carbocycles. The third-order valence-electron chi connectivity index (χ3n) is 2.05. The predicted octanol–water partition coefficient (Wildman–Crippen LogP) is 4.28. The van der Waals surface area contributed by atoms with Crippen LogP contribution in [0, 0.1) is 13.8 Å². The molecule has 0 bridgehead atoms. The van der Waals surface area contributed by atoms with Gasteiger partial charge in [0.1, 0.15) is 0 Å². The van der Waals surface area contributed by atoms with Crippen LogP contribution in [0.5, 0.6) is 0 Å². The van der Waals surface area contributed by atoms with Gasteiger partial charge < -0.3 is 0 Å². The van der Waals surface area contributed by atoms with Crippen molar-refractivity contribution in [2.24, 2.45) is 0 Å². The molecule has 2 aromatic rings. The van der Waals surface area contributed by atoms with Crippen molar-refractivity contribution in [3.63, 3.8) is 0 Å². The minimum absolute atomic E-state index is 1.21. The summed E-state index contributed by atoms with van der Waals surface area (Å²) in [5, 5.41) is 3.59. The van der Waals surface area contributed by atoms with Gasteiger partial charge in [0, 0.05) is 9.17 Å². The Morgan fingerprint density at radius 3 is 2.67 bits per heavy atom. The van der Waals surface area contributed by atoms with Crippen LogP contribution in [0.4, 0.5) is 0 Å².